The van der Waals surface area contributed by atoms with Crippen molar-refractivity contribution in [3.05, 3.63) is 59.3 Å². The maximum Gasteiger partial charge on any atom is 0.102 e. The van der Waals surface area contributed by atoms with E-state index < -0.39 is 0 Å². The lowest BCUT2D eigenvalue weighted by atomic mass is 9.84. The van der Waals surface area contributed by atoms with Gasteiger partial charge in [0.1, 0.15) is 6.07 Å². The van der Waals surface area contributed by atoms with E-state index in [0.29, 0.717) is 11.5 Å². The van der Waals surface area contributed by atoms with Crippen molar-refractivity contribution in [3.8, 4) is 17.2 Å². The first-order chi connectivity index (χ1) is 12.1. The molecule has 1 N–H and O–H groups in total. The van der Waals surface area contributed by atoms with Crippen LogP contribution in [0, 0.1) is 18.3 Å². The Balaban J connectivity index is 2.30. The summed E-state index contributed by atoms with van der Waals surface area (Å²) in [7, 11) is 0. The molecule has 1 aliphatic rings. The van der Waals surface area contributed by atoms with Crippen LogP contribution in [0.5, 0.6) is 0 Å². The summed E-state index contributed by atoms with van der Waals surface area (Å²) in [5.41, 5.74) is 8.35. The Hall–Kier alpha value is -2.86. The SMILES string of the molecule is C=CNc1c(C#N)c(C)cc(-c2ccc3c(c2)N=CC3)c1C(C)CC. The number of rotatable bonds is 5. The van der Waals surface area contributed by atoms with Crippen LogP contribution in [0.1, 0.15) is 48.4 Å². The molecule has 0 aliphatic carbocycles. The van der Waals surface area contributed by atoms with E-state index in [2.05, 4.69) is 61.1 Å². The van der Waals surface area contributed by atoms with Crippen LogP contribution in [0.3, 0.4) is 0 Å². The van der Waals surface area contributed by atoms with Crippen LogP contribution < -0.4 is 5.32 Å². The van der Waals surface area contributed by atoms with Gasteiger partial charge < -0.3 is 5.32 Å². The third kappa shape index (κ3) is 2.96. The lowest BCUT2D eigenvalue weighted by Crippen LogP contribution is -2.06. The predicted molar refractivity (Wildman–Crippen MR) is 106 cm³/mol. The summed E-state index contributed by atoms with van der Waals surface area (Å²) < 4.78 is 0. The molecule has 3 heteroatoms. The highest BCUT2D eigenvalue weighted by molar-refractivity contribution is 5.84. The second-order valence-electron chi connectivity index (χ2n) is 6.53. The van der Waals surface area contributed by atoms with E-state index in [1.165, 1.54) is 16.7 Å². The molecule has 0 saturated heterocycles. The monoisotopic (exact) mass is 329 g/mol. The van der Waals surface area contributed by atoms with E-state index in [1.807, 2.05) is 13.1 Å². The zero-order chi connectivity index (χ0) is 18.0. The van der Waals surface area contributed by atoms with Crippen molar-refractivity contribution in [2.75, 3.05) is 5.32 Å². The van der Waals surface area contributed by atoms with Gasteiger partial charge in [0.15, 0.2) is 0 Å². The first kappa shape index (κ1) is 17.0. The maximum atomic E-state index is 9.65. The normalized spacial score (nSPS) is 13.2. The second kappa shape index (κ2) is 6.94. The number of nitrogens with zero attached hydrogens (tertiary/aromatic N) is 2. The van der Waals surface area contributed by atoms with Crippen molar-refractivity contribution in [3.63, 3.8) is 0 Å². The van der Waals surface area contributed by atoms with Gasteiger partial charge in [0.2, 0.25) is 0 Å². The minimum atomic E-state index is 0.321. The summed E-state index contributed by atoms with van der Waals surface area (Å²) in [5.74, 6) is 0.321. The molecule has 1 heterocycles. The fourth-order valence-electron chi connectivity index (χ4n) is 3.45. The highest BCUT2D eigenvalue weighted by Crippen LogP contribution is 2.41. The Morgan fingerprint density at radius 3 is 2.88 bits per heavy atom. The van der Waals surface area contributed by atoms with Crippen molar-refractivity contribution in [2.24, 2.45) is 4.99 Å². The lowest BCUT2D eigenvalue weighted by molar-refractivity contribution is 0.736. The molecule has 25 heavy (non-hydrogen) atoms. The largest absolute Gasteiger partial charge is 0.361 e. The number of nitriles is 1. The summed E-state index contributed by atoms with van der Waals surface area (Å²) in [6.07, 6.45) is 5.51. The van der Waals surface area contributed by atoms with E-state index in [1.54, 1.807) is 6.20 Å². The first-order valence-corrected chi connectivity index (χ1v) is 8.71. The average Bonchev–Trinajstić information content (AvgIpc) is 3.08. The van der Waals surface area contributed by atoms with Crippen molar-refractivity contribution in [1.29, 1.82) is 5.26 Å². The Kier molecular flexibility index (Phi) is 4.72. The van der Waals surface area contributed by atoms with Gasteiger partial charge in [-0.3, -0.25) is 4.99 Å². The van der Waals surface area contributed by atoms with Gasteiger partial charge in [0.25, 0.3) is 0 Å². The first-order valence-electron chi connectivity index (χ1n) is 8.71. The third-order valence-corrected chi connectivity index (χ3v) is 4.97. The standard InChI is InChI=1S/C22H23N3/c1-5-14(3)21-18(11-15(4)19(13-23)22(21)24-6-2)17-8-7-16-9-10-25-20(16)12-17/h6-8,10-12,14,24H,2,5,9H2,1,3-4H3. The molecular weight excluding hydrogens is 306 g/mol. The number of anilines is 1. The van der Waals surface area contributed by atoms with Gasteiger partial charge in [-0.25, -0.2) is 0 Å². The molecule has 1 aliphatic heterocycles. The number of fused-ring (bicyclic) bond motifs is 1. The van der Waals surface area contributed by atoms with Crippen molar-refractivity contribution >= 4 is 17.6 Å². The summed E-state index contributed by atoms with van der Waals surface area (Å²) in [6, 6.07) is 11.0. The van der Waals surface area contributed by atoms with Crippen molar-refractivity contribution in [1.82, 2.24) is 0 Å². The number of benzene rings is 2. The molecule has 3 nitrogen and oxygen atoms in total. The highest BCUT2D eigenvalue weighted by Gasteiger charge is 2.21. The number of aliphatic imine (C=N–C) groups is 1. The predicted octanol–water partition coefficient (Wildman–Crippen LogP) is 5.86. The quantitative estimate of drug-likeness (QED) is 0.746. The molecule has 0 radical (unpaired) electrons. The van der Waals surface area contributed by atoms with Crippen LogP contribution in [-0.2, 0) is 6.42 Å². The van der Waals surface area contributed by atoms with Gasteiger partial charge in [0, 0.05) is 12.6 Å². The van der Waals surface area contributed by atoms with Gasteiger partial charge >= 0.3 is 0 Å². The van der Waals surface area contributed by atoms with Gasteiger partial charge in [-0.1, -0.05) is 32.6 Å². The van der Waals surface area contributed by atoms with E-state index in [-0.39, 0.29) is 0 Å². The molecule has 0 aromatic heterocycles. The number of nitrogens with one attached hydrogen (secondary N) is 1. The third-order valence-electron chi connectivity index (χ3n) is 4.97. The molecule has 126 valence electrons. The lowest BCUT2D eigenvalue weighted by Gasteiger charge is -2.23. The smallest absolute Gasteiger partial charge is 0.102 e. The Morgan fingerprint density at radius 2 is 2.20 bits per heavy atom. The molecule has 1 unspecified atom stereocenters. The molecule has 0 spiro atoms. The van der Waals surface area contributed by atoms with Crippen molar-refractivity contribution < 1.29 is 0 Å². The topological polar surface area (TPSA) is 48.2 Å². The van der Waals surface area contributed by atoms with Crippen LogP contribution in [0.25, 0.3) is 11.1 Å². The van der Waals surface area contributed by atoms with Crippen LogP contribution in [-0.4, -0.2) is 6.21 Å². The zero-order valence-electron chi connectivity index (χ0n) is 15.1. The maximum absolute atomic E-state index is 9.65. The molecule has 2 aromatic rings. The fraction of sp³-hybridized carbons (Fsp3) is 0.273. The summed E-state index contributed by atoms with van der Waals surface area (Å²) >= 11 is 0. The Bertz CT molecular complexity index is 900. The minimum absolute atomic E-state index is 0.321. The average molecular weight is 329 g/mol. The van der Waals surface area contributed by atoms with E-state index >= 15 is 0 Å². The van der Waals surface area contributed by atoms with Gasteiger partial charge in [-0.2, -0.15) is 5.26 Å². The van der Waals surface area contributed by atoms with Gasteiger partial charge in [-0.05, 0) is 65.4 Å². The van der Waals surface area contributed by atoms with Crippen LogP contribution in [0.2, 0.25) is 0 Å². The molecule has 0 bridgehead atoms. The summed E-state index contributed by atoms with van der Waals surface area (Å²) in [5, 5.41) is 12.9. The molecule has 0 fully saturated rings. The zero-order valence-corrected chi connectivity index (χ0v) is 15.1. The van der Waals surface area contributed by atoms with Gasteiger partial charge in [-0.15, -0.1) is 0 Å². The highest BCUT2D eigenvalue weighted by atomic mass is 14.8. The molecule has 1 atom stereocenters. The molecule has 3 rings (SSSR count). The van der Waals surface area contributed by atoms with Crippen LogP contribution in [0.15, 0.2) is 42.0 Å². The minimum Gasteiger partial charge on any atom is -0.361 e. The number of aryl methyl sites for hydroxylation is 1. The van der Waals surface area contributed by atoms with Crippen LogP contribution in [0.4, 0.5) is 11.4 Å². The Labute approximate surface area is 149 Å². The van der Waals surface area contributed by atoms with Crippen LogP contribution >= 0.6 is 0 Å². The van der Waals surface area contributed by atoms with Gasteiger partial charge in [0.05, 0.1) is 16.9 Å². The summed E-state index contributed by atoms with van der Waals surface area (Å²) in [4.78, 5) is 4.49. The second-order valence-corrected chi connectivity index (χ2v) is 6.53. The van der Waals surface area contributed by atoms with E-state index in [4.69, 9.17) is 0 Å². The molecule has 0 saturated carbocycles. The van der Waals surface area contributed by atoms with Crippen molar-refractivity contribution in [2.45, 2.75) is 39.5 Å². The molecule has 2 aromatic carbocycles. The molecule has 0 amide bonds. The fourth-order valence-corrected chi connectivity index (χ4v) is 3.45. The number of hydrogen-bond acceptors (Lipinski definition) is 3. The van der Waals surface area contributed by atoms with E-state index in [0.717, 1.165) is 35.3 Å². The number of hydrogen-bond donors (Lipinski definition) is 1. The summed E-state index contributed by atoms with van der Waals surface area (Å²) in [6.45, 7) is 10.2. The Morgan fingerprint density at radius 1 is 1.40 bits per heavy atom. The molecular formula is C22H23N3. The van der Waals surface area contributed by atoms with E-state index in [9.17, 15) is 5.26 Å².